The molecule has 0 spiro atoms. The number of halogens is 3. The Balaban J connectivity index is 1.19. The number of methoxy groups -OCH3 is 1. The number of rotatable bonds is 9. The molecule has 4 aromatic heterocycles. The van der Waals surface area contributed by atoms with E-state index >= 15 is 0 Å². The zero-order valence-corrected chi connectivity index (χ0v) is 25.2. The van der Waals surface area contributed by atoms with E-state index in [4.69, 9.17) is 9.72 Å². The van der Waals surface area contributed by atoms with Crippen molar-refractivity contribution in [1.82, 2.24) is 44.3 Å². The molecule has 2 aliphatic rings. The van der Waals surface area contributed by atoms with Crippen molar-refractivity contribution in [3.8, 4) is 28.7 Å². The molecule has 1 N–H and O–H groups in total. The van der Waals surface area contributed by atoms with Crippen molar-refractivity contribution in [2.45, 2.75) is 38.0 Å². The third-order valence-electron chi connectivity index (χ3n) is 8.43. The second-order valence-corrected chi connectivity index (χ2v) is 11.6. The highest BCUT2D eigenvalue weighted by Crippen LogP contribution is 2.44. The van der Waals surface area contributed by atoms with Crippen LogP contribution in [0.2, 0.25) is 0 Å². The summed E-state index contributed by atoms with van der Waals surface area (Å²) >= 11 is 0. The van der Waals surface area contributed by atoms with Gasteiger partial charge < -0.3 is 14.6 Å². The maximum Gasteiger partial charge on any atom is 0.434 e. The number of imidazole rings is 1. The first-order valence-electron chi connectivity index (χ1n) is 15.2. The number of ether oxygens (including phenoxy) is 1. The summed E-state index contributed by atoms with van der Waals surface area (Å²) in [5.41, 5.74) is 2.03. The van der Waals surface area contributed by atoms with Crippen LogP contribution in [0.5, 0.6) is 5.88 Å². The number of nitrogens with zero attached hydrogens (tertiary/aromatic N) is 8. The number of hydrogen-bond acceptors (Lipinski definition) is 9. The summed E-state index contributed by atoms with van der Waals surface area (Å²) in [6, 6.07) is 10.2. The minimum Gasteiger partial charge on any atom is -0.480 e. The van der Waals surface area contributed by atoms with Gasteiger partial charge in [0.05, 0.1) is 19.3 Å². The maximum atomic E-state index is 13.7. The number of alkyl halides is 3. The first kappa shape index (κ1) is 30.0. The number of hydrogen-bond donors (Lipinski definition) is 1. The van der Waals surface area contributed by atoms with Crippen molar-refractivity contribution < 1.29 is 17.9 Å². The number of nitrogens with one attached hydrogen (secondary N) is 1. The van der Waals surface area contributed by atoms with Crippen LogP contribution >= 0.6 is 0 Å². The summed E-state index contributed by atoms with van der Waals surface area (Å²) in [6.45, 7) is 4.60. The van der Waals surface area contributed by atoms with Crippen LogP contribution in [0.1, 0.15) is 35.7 Å². The molecule has 5 aromatic rings. The van der Waals surface area contributed by atoms with Gasteiger partial charge in [0.25, 0.3) is 5.56 Å². The lowest BCUT2D eigenvalue weighted by molar-refractivity contribution is -0.140. The molecule has 14 heteroatoms. The average molecular weight is 632 g/mol. The Labute approximate surface area is 262 Å². The van der Waals surface area contributed by atoms with Crippen molar-refractivity contribution in [3.05, 3.63) is 82.4 Å². The van der Waals surface area contributed by atoms with Crippen molar-refractivity contribution in [1.29, 1.82) is 0 Å². The molecule has 11 nitrogen and oxygen atoms in total. The van der Waals surface area contributed by atoms with E-state index in [-0.39, 0.29) is 23.8 Å². The number of aromatic nitrogens is 7. The highest BCUT2D eigenvalue weighted by molar-refractivity contribution is 5.78. The van der Waals surface area contributed by atoms with E-state index in [1.165, 1.54) is 19.5 Å². The summed E-state index contributed by atoms with van der Waals surface area (Å²) in [4.78, 5) is 37.5. The first-order chi connectivity index (χ1) is 22.3. The van der Waals surface area contributed by atoms with Crippen LogP contribution in [0.25, 0.3) is 33.8 Å². The molecule has 0 unspecified atom stereocenters. The highest BCUT2D eigenvalue weighted by atomic mass is 19.4. The monoisotopic (exact) mass is 631 g/mol. The van der Waals surface area contributed by atoms with Crippen LogP contribution in [0.3, 0.4) is 0 Å². The molecule has 238 valence electrons. The maximum absolute atomic E-state index is 13.7. The van der Waals surface area contributed by atoms with Gasteiger partial charge in [-0.2, -0.15) is 13.2 Å². The molecule has 1 saturated carbocycles. The summed E-state index contributed by atoms with van der Waals surface area (Å²) in [5.74, 6) is 1.28. The van der Waals surface area contributed by atoms with Gasteiger partial charge in [-0.3, -0.25) is 14.3 Å². The smallest absolute Gasteiger partial charge is 0.434 e. The third kappa shape index (κ3) is 6.09. The Morgan fingerprint density at radius 2 is 1.76 bits per heavy atom. The van der Waals surface area contributed by atoms with Gasteiger partial charge in [0, 0.05) is 74.6 Å². The summed E-state index contributed by atoms with van der Waals surface area (Å²) in [6.07, 6.45) is 1.68. The Kier molecular flexibility index (Phi) is 7.99. The molecular formula is C32H32F3N9O2. The van der Waals surface area contributed by atoms with Crippen LogP contribution in [0.4, 0.5) is 13.2 Å². The zero-order chi connectivity index (χ0) is 31.8. The number of benzene rings is 1. The van der Waals surface area contributed by atoms with Gasteiger partial charge in [0.15, 0.2) is 11.5 Å². The fraction of sp³-hybridized carbons (Fsp3) is 0.375. The number of piperazine rings is 1. The number of pyridine rings is 1. The first-order valence-corrected chi connectivity index (χ1v) is 15.2. The lowest BCUT2D eigenvalue weighted by atomic mass is 10.1. The molecule has 7 rings (SSSR count). The van der Waals surface area contributed by atoms with Crippen LogP contribution in [-0.2, 0) is 19.3 Å². The molecule has 46 heavy (non-hydrogen) atoms. The molecular weight excluding hydrogens is 599 g/mol. The second kappa shape index (κ2) is 12.2. The minimum atomic E-state index is -4.56. The molecule has 1 aliphatic heterocycles. The van der Waals surface area contributed by atoms with Gasteiger partial charge in [-0.05, 0) is 24.5 Å². The summed E-state index contributed by atoms with van der Waals surface area (Å²) in [7, 11) is 1.53. The molecule has 0 atom stereocenters. The lowest BCUT2D eigenvalue weighted by Crippen LogP contribution is -2.44. The number of fused-ring (bicyclic) bond motifs is 1. The van der Waals surface area contributed by atoms with Gasteiger partial charge in [-0.15, -0.1) is 0 Å². The van der Waals surface area contributed by atoms with E-state index in [1.807, 2.05) is 0 Å². The standard InChI is InChI=1S/C32H32F3N9O2/c1-46-31-26(27(21-6-7-21)38-19-39-31)28-37-16-23-8-9-25(45)44(30(23)41-28)17-20-2-4-22(5-3-20)29-40-24(32(33,34)35)18-43(29)15-14-42-12-10-36-11-13-42/h2-5,8-9,16,18-19,21,36H,6-7,10-15,17H2,1H3. The average Bonchev–Trinajstić information content (AvgIpc) is 3.83. The van der Waals surface area contributed by atoms with E-state index in [1.54, 1.807) is 45.7 Å². The summed E-state index contributed by atoms with van der Waals surface area (Å²) < 4.78 is 49.6. The molecule has 2 fully saturated rings. The molecule has 1 aromatic carbocycles. The molecule has 1 aliphatic carbocycles. The lowest BCUT2D eigenvalue weighted by Gasteiger charge is -2.27. The van der Waals surface area contributed by atoms with E-state index in [0.717, 1.165) is 56.5 Å². The second-order valence-electron chi connectivity index (χ2n) is 11.6. The van der Waals surface area contributed by atoms with Gasteiger partial charge in [-0.1, -0.05) is 24.3 Å². The quantitative estimate of drug-likeness (QED) is 0.258. The highest BCUT2D eigenvalue weighted by Gasteiger charge is 2.35. The minimum absolute atomic E-state index is 0.191. The van der Waals surface area contributed by atoms with Gasteiger partial charge in [-0.25, -0.2) is 24.9 Å². The van der Waals surface area contributed by atoms with Crippen LogP contribution < -0.4 is 15.6 Å². The van der Waals surface area contributed by atoms with E-state index in [0.29, 0.717) is 47.0 Å². The Morgan fingerprint density at radius 3 is 2.48 bits per heavy atom. The fourth-order valence-electron chi connectivity index (χ4n) is 5.84. The van der Waals surface area contributed by atoms with Crippen molar-refractivity contribution in [3.63, 3.8) is 0 Å². The normalized spacial score (nSPS) is 15.8. The SMILES string of the molecule is COc1ncnc(C2CC2)c1-c1ncc2ccc(=O)n(Cc3ccc(-c4nc(C(F)(F)F)cn4CCN4CCNCC4)cc3)c2n1. The third-order valence-corrected chi connectivity index (χ3v) is 8.43. The Morgan fingerprint density at radius 1 is 0.978 bits per heavy atom. The van der Waals surface area contributed by atoms with E-state index < -0.39 is 11.9 Å². The van der Waals surface area contributed by atoms with Gasteiger partial charge >= 0.3 is 6.18 Å². The molecule has 5 heterocycles. The summed E-state index contributed by atoms with van der Waals surface area (Å²) in [5, 5.41) is 3.96. The van der Waals surface area contributed by atoms with Crippen LogP contribution in [0.15, 0.2) is 59.9 Å². The molecule has 0 bridgehead atoms. The van der Waals surface area contributed by atoms with E-state index in [9.17, 15) is 18.0 Å². The Bertz CT molecular complexity index is 1930. The van der Waals surface area contributed by atoms with Crippen LogP contribution in [0, 0.1) is 0 Å². The fourth-order valence-corrected chi connectivity index (χ4v) is 5.84. The predicted molar refractivity (Wildman–Crippen MR) is 164 cm³/mol. The molecule has 1 saturated heterocycles. The Hall–Kier alpha value is -4.69. The van der Waals surface area contributed by atoms with Gasteiger partial charge in [0.2, 0.25) is 5.88 Å². The van der Waals surface area contributed by atoms with Crippen molar-refractivity contribution in [2.75, 3.05) is 39.8 Å². The van der Waals surface area contributed by atoms with Crippen LogP contribution in [-0.4, -0.2) is 78.8 Å². The zero-order valence-electron chi connectivity index (χ0n) is 25.2. The molecule has 0 amide bonds. The topological polar surface area (TPSA) is 116 Å². The van der Waals surface area contributed by atoms with Crippen molar-refractivity contribution in [2.24, 2.45) is 0 Å². The molecule has 0 radical (unpaired) electrons. The van der Waals surface area contributed by atoms with Crippen molar-refractivity contribution >= 4 is 11.0 Å². The predicted octanol–water partition coefficient (Wildman–Crippen LogP) is 3.97. The van der Waals surface area contributed by atoms with Gasteiger partial charge in [0.1, 0.15) is 23.4 Å². The largest absolute Gasteiger partial charge is 0.480 e. The van der Waals surface area contributed by atoms with E-state index in [2.05, 4.69) is 30.2 Å².